The smallest absolute Gasteiger partial charge is 0.268 e. The molecule has 1 aromatic rings. The van der Waals surface area contributed by atoms with Gasteiger partial charge < -0.3 is 4.74 Å². The van der Waals surface area contributed by atoms with Crippen LogP contribution in [-0.2, 0) is 0 Å². The summed E-state index contributed by atoms with van der Waals surface area (Å²) in [7, 11) is 0. The summed E-state index contributed by atoms with van der Waals surface area (Å²) in [5.74, 6) is 1.14. The van der Waals surface area contributed by atoms with Gasteiger partial charge in [0.1, 0.15) is 5.76 Å². The lowest BCUT2D eigenvalue weighted by atomic mass is 9.76. The standard InChI is InChI=1S/C18H22O3S/c1-6-13(18(3,4)5)17(12-7-9-22-10-8-12)21-16-11(2)14(19)15(16)20/h7-10,13H,6H2,1-5H3. The lowest BCUT2D eigenvalue weighted by molar-refractivity contribution is 0.201. The van der Waals surface area contributed by atoms with E-state index in [1.165, 1.54) is 0 Å². The minimum atomic E-state index is -0.516. The third-order valence-corrected chi connectivity index (χ3v) is 4.60. The van der Waals surface area contributed by atoms with Crippen molar-refractivity contribution in [3.05, 3.63) is 60.3 Å². The van der Waals surface area contributed by atoms with Gasteiger partial charge in [-0.05, 0) is 41.7 Å². The Morgan fingerprint density at radius 2 is 1.77 bits per heavy atom. The van der Waals surface area contributed by atoms with Crippen molar-refractivity contribution >= 4 is 11.8 Å². The Bertz CT molecular complexity index is 708. The molecule has 0 aliphatic carbocycles. The maximum Gasteiger partial charge on any atom is 0.268 e. The zero-order valence-corrected chi connectivity index (χ0v) is 14.5. The summed E-state index contributed by atoms with van der Waals surface area (Å²) < 4.78 is 5.98. The first-order chi connectivity index (χ1) is 10.3. The highest BCUT2D eigenvalue weighted by Gasteiger charge is 2.32. The first-order valence-electron chi connectivity index (χ1n) is 7.47. The van der Waals surface area contributed by atoms with Gasteiger partial charge in [-0.15, -0.1) is 11.8 Å². The molecule has 0 bridgehead atoms. The Morgan fingerprint density at radius 1 is 1.18 bits per heavy atom. The molecule has 4 heteroatoms. The average molecular weight is 318 g/mol. The molecule has 0 spiro atoms. The minimum Gasteiger partial charge on any atom is -0.456 e. The summed E-state index contributed by atoms with van der Waals surface area (Å²) in [4.78, 5) is 23.2. The Kier molecular flexibility index (Phi) is 4.81. The van der Waals surface area contributed by atoms with Crippen LogP contribution in [0.1, 0.15) is 39.7 Å². The molecule has 0 amide bonds. The number of thioether (sulfide) groups is 1. The van der Waals surface area contributed by atoms with Crippen molar-refractivity contribution in [3.63, 3.8) is 0 Å². The van der Waals surface area contributed by atoms with Gasteiger partial charge >= 0.3 is 0 Å². The maximum atomic E-state index is 11.8. The largest absolute Gasteiger partial charge is 0.456 e. The number of ether oxygens (including phenoxy) is 1. The van der Waals surface area contributed by atoms with Crippen LogP contribution in [0.3, 0.4) is 0 Å². The van der Waals surface area contributed by atoms with Gasteiger partial charge in [-0.25, -0.2) is 0 Å². The normalized spacial score (nSPS) is 16.1. The van der Waals surface area contributed by atoms with Crippen molar-refractivity contribution in [2.45, 2.75) is 41.0 Å². The molecule has 1 aromatic carbocycles. The van der Waals surface area contributed by atoms with Gasteiger partial charge in [0.2, 0.25) is 5.43 Å². The number of hydrogen-bond acceptors (Lipinski definition) is 4. The van der Waals surface area contributed by atoms with Gasteiger partial charge in [-0.1, -0.05) is 27.7 Å². The predicted octanol–water partition coefficient (Wildman–Crippen LogP) is 4.07. The number of allylic oxidation sites excluding steroid dienone is 4. The van der Waals surface area contributed by atoms with E-state index in [0.717, 1.165) is 17.8 Å². The van der Waals surface area contributed by atoms with Crippen LogP contribution in [0.15, 0.2) is 43.9 Å². The van der Waals surface area contributed by atoms with E-state index in [-0.39, 0.29) is 17.1 Å². The molecule has 0 aromatic heterocycles. The molecule has 1 aliphatic rings. The number of rotatable bonds is 4. The van der Waals surface area contributed by atoms with Gasteiger partial charge in [-0.3, -0.25) is 9.59 Å². The van der Waals surface area contributed by atoms with Crippen molar-refractivity contribution in [2.24, 2.45) is 11.3 Å². The van der Waals surface area contributed by atoms with Gasteiger partial charge in [0, 0.05) is 17.1 Å². The van der Waals surface area contributed by atoms with Crippen molar-refractivity contribution < 1.29 is 4.74 Å². The van der Waals surface area contributed by atoms with Crippen LogP contribution in [0.5, 0.6) is 5.75 Å². The topological polar surface area (TPSA) is 43.4 Å². The number of hydrogen-bond donors (Lipinski definition) is 0. The lowest BCUT2D eigenvalue weighted by Gasteiger charge is -2.33. The highest BCUT2D eigenvalue weighted by atomic mass is 32.2. The van der Waals surface area contributed by atoms with E-state index in [2.05, 4.69) is 27.7 Å². The van der Waals surface area contributed by atoms with E-state index in [0.29, 0.717) is 5.56 Å². The summed E-state index contributed by atoms with van der Waals surface area (Å²) in [6.07, 6.45) is 4.89. The molecule has 2 rings (SSSR count). The zero-order valence-electron chi connectivity index (χ0n) is 13.7. The van der Waals surface area contributed by atoms with E-state index in [4.69, 9.17) is 4.74 Å². The Hall–Kier alpha value is -1.55. The second kappa shape index (κ2) is 6.29. The predicted molar refractivity (Wildman–Crippen MR) is 92.9 cm³/mol. The van der Waals surface area contributed by atoms with Crippen LogP contribution in [0, 0.1) is 18.3 Å². The molecule has 118 valence electrons. The van der Waals surface area contributed by atoms with Gasteiger partial charge in [0.25, 0.3) is 5.43 Å². The van der Waals surface area contributed by atoms with Gasteiger partial charge in [0.15, 0.2) is 5.75 Å². The van der Waals surface area contributed by atoms with E-state index < -0.39 is 10.9 Å². The molecule has 0 saturated carbocycles. The van der Waals surface area contributed by atoms with Crippen LogP contribution < -0.4 is 15.6 Å². The van der Waals surface area contributed by atoms with Crippen LogP contribution >= 0.6 is 11.8 Å². The second-order valence-corrected chi connectivity index (χ2v) is 7.42. The summed E-state index contributed by atoms with van der Waals surface area (Å²) in [5.41, 5.74) is 0.429. The monoisotopic (exact) mass is 318 g/mol. The third-order valence-electron chi connectivity index (χ3n) is 4.01. The van der Waals surface area contributed by atoms with Crippen molar-refractivity contribution in [1.82, 2.24) is 0 Å². The molecule has 0 fully saturated rings. The Morgan fingerprint density at radius 3 is 2.23 bits per heavy atom. The first kappa shape index (κ1) is 16.8. The SMILES string of the molecule is CCC(C(Oc1c(C)c(=O)c1=O)=C1C=CSC=C1)C(C)(C)C. The second-order valence-electron chi connectivity index (χ2n) is 6.60. The van der Waals surface area contributed by atoms with E-state index >= 15 is 0 Å². The summed E-state index contributed by atoms with van der Waals surface area (Å²) in [6, 6.07) is 0. The van der Waals surface area contributed by atoms with Crippen molar-refractivity contribution in [3.8, 4) is 5.75 Å². The zero-order chi connectivity index (χ0) is 16.5. The molecule has 1 atom stereocenters. The van der Waals surface area contributed by atoms with Crippen molar-refractivity contribution in [1.29, 1.82) is 0 Å². The third kappa shape index (κ3) is 3.12. The van der Waals surface area contributed by atoms with Gasteiger partial charge in [-0.2, -0.15) is 0 Å². The molecule has 0 N–H and O–H groups in total. The van der Waals surface area contributed by atoms with E-state index in [9.17, 15) is 9.59 Å². The molecule has 1 aliphatic heterocycles. The minimum absolute atomic E-state index is 0.00534. The fourth-order valence-electron chi connectivity index (χ4n) is 2.73. The van der Waals surface area contributed by atoms with Crippen LogP contribution in [0.2, 0.25) is 0 Å². The summed E-state index contributed by atoms with van der Waals surface area (Å²) in [5, 5.41) is 3.98. The van der Waals surface area contributed by atoms with Crippen molar-refractivity contribution in [2.75, 3.05) is 0 Å². The molecule has 0 radical (unpaired) electrons. The van der Waals surface area contributed by atoms with Gasteiger partial charge in [0.05, 0.1) is 0 Å². The van der Waals surface area contributed by atoms with E-state index in [1.54, 1.807) is 18.7 Å². The highest BCUT2D eigenvalue weighted by molar-refractivity contribution is 8.04. The first-order valence-corrected chi connectivity index (χ1v) is 8.42. The summed E-state index contributed by atoms with van der Waals surface area (Å²) in [6.45, 7) is 10.2. The maximum absolute atomic E-state index is 11.8. The Balaban J connectivity index is 2.50. The molecular weight excluding hydrogens is 296 g/mol. The molecular formula is C18H22O3S. The molecule has 1 unspecified atom stereocenters. The van der Waals surface area contributed by atoms with E-state index in [1.807, 2.05) is 23.0 Å². The van der Waals surface area contributed by atoms with Crippen LogP contribution in [0.25, 0.3) is 0 Å². The molecule has 3 nitrogen and oxygen atoms in total. The van der Waals surface area contributed by atoms with Crippen LogP contribution in [-0.4, -0.2) is 0 Å². The Labute approximate surface area is 135 Å². The van der Waals surface area contributed by atoms with Crippen LogP contribution in [0.4, 0.5) is 0 Å². The fourth-order valence-corrected chi connectivity index (χ4v) is 3.27. The highest BCUT2D eigenvalue weighted by Crippen LogP contribution is 2.38. The average Bonchev–Trinajstić information content (AvgIpc) is 2.49. The molecule has 0 saturated heterocycles. The molecule has 1 heterocycles. The quantitative estimate of drug-likeness (QED) is 0.620. The summed E-state index contributed by atoms with van der Waals surface area (Å²) >= 11 is 1.60. The fraction of sp³-hybridized carbons (Fsp3) is 0.444. The molecule has 22 heavy (non-hydrogen) atoms. The lowest BCUT2D eigenvalue weighted by Crippen LogP contribution is -2.36.